The monoisotopic (exact) mass is 229 g/mol. The van der Waals surface area contributed by atoms with E-state index in [1.165, 1.54) is 44.4 Å². The third kappa shape index (κ3) is 5.26. The SMILES string of the molecule is CCCNC1CCC(SCC(C)CC)C1. The van der Waals surface area contributed by atoms with E-state index in [0.29, 0.717) is 0 Å². The van der Waals surface area contributed by atoms with Gasteiger partial charge in [-0.05, 0) is 43.9 Å². The van der Waals surface area contributed by atoms with Gasteiger partial charge in [0.05, 0.1) is 0 Å². The summed E-state index contributed by atoms with van der Waals surface area (Å²) in [6, 6.07) is 0.819. The van der Waals surface area contributed by atoms with E-state index in [0.717, 1.165) is 17.2 Å². The molecule has 1 nitrogen and oxygen atoms in total. The molecule has 1 aliphatic rings. The maximum absolute atomic E-state index is 3.65. The van der Waals surface area contributed by atoms with Crippen LogP contribution in [0.1, 0.15) is 52.9 Å². The molecule has 0 heterocycles. The Morgan fingerprint density at radius 3 is 2.80 bits per heavy atom. The Hall–Kier alpha value is 0.310. The predicted octanol–water partition coefficient (Wildman–Crippen LogP) is 3.69. The average Bonchev–Trinajstić information content (AvgIpc) is 2.71. The summed E-state index contributed by atoms with van der Waals surface area (Å²) in [5.41, 5.74) is 0. The Labute approximate surface area is 99.8 Å². The first-order chi connectivity index (χ1) is 7.26. The van der Waals surface area contributed by atoms with Crippen LogP contribution in [-0.4, -0.2) is 23.6 Å². The number of hydrogen-bond acceptors (Lipinski definition) is 2. The molecular weight excluding hydrogens is 202 g/mol. The van der Waals surface area contributed by atoms with Gasteiger partial charge in [-0.3, -0.25) is 0 Å². The van der Waals surface area contributed by atoms with Crippen LogP contribution in [-0.2, 0) is 0 Å². The quantitative estimate of drug-likeness (QED) is 0.714. The lowest BCUT2D eigenvalue weighted by Gasteiger charge is -2.14. The minimum Gasteiger partial charge on any atom is -0.314 e. The molecule has 0 aliphatic heterocycles. The number of thioether (sulfide) groups is 1. The first-order valence-electron chi connectivity index (χ1n) is 6.61. The molecule has 1 N–H and O–H groups in total. The van der Waals surface area contributed by atoms with Crippen molar-refractivity contribution in [3.8, 4) is 0 Å². The highest BCUT2D eigenvalue weighted by molar-refractivity contribution is 7.99. The van der Waals surface area contributed by atoms with Gasteiger partial charge in [-0.25, -0.2) is 0 Å². The molecule has 3 unspecified atom stereocenters. The van der Waals surface area contributed by atoms with E-state index in [4.69, 9.17) is 0 Å². The highest BCUT2D eigenvalue weighted by Crippen LogP contribution is 2.31. The first kappa shape index (κ1) is 13.4. The minimum atomic E-state index is 0.819. The van der Waals surface area contributed by atoms with Crippen LogP contribution < -0.4 is 5.32 Å². The van der Waals surface area contributed by atoms with E-state index in [-0.39, 0.29) is 0 Å². The fourth-order valence-electron chi connectivity index (χ4n) is 2.04. The summed E-state index contributed by atoms with van der Waals surface area (Å²) in [6.45, 7) is 8.12. The molecule has 2 heteroatoms. The molecule has 3 atom stereocenters. The van der Waals surface area contributed by atoms with E-state index in [9.17, 15) is 0 Å². The van der Waals surface area contributed by atoms with Crippen molar-refractivity contribution in [2.45, 2.75) is 64.2 Å². The lowest BCUT2D eigenvalue weighted by Crippen LogP contribution is -2.27. The molecule has 0 amide bonds. The smallest absolute Gasteiger partial charge is 0.00779 e. The Morgan fingerprint density at radius 1 is 1.33 bits per heavy atom. The topological polar surface area (TPSA) is 12.0 Å². The third-order valence-corrected chi connectivity index (χ3v) is 5.04. The standard InChI is InChI=1S/C13H27NS/c1-4-8-14-12-6-7-13(9-12)15-10-11(3)5-2/h11-14H,4-10H2,1-3H3. The van der Waals surface area contributed by atoms with Gasteiger partial charge in [0.25, 0.3) is 0 Å². The molecule has 90 valence electrons. The van der Waals surface area contributed by atoms with Gasteiger partial charge < -0.3 is 5.32 Å². The highest BCUT2D eigenvalue weighted by Gasteiger charge is 2.24. The number of nitrogens with one attached hydrogen (secondary N) is 1. The van der Waals surface area contributed by atoms with Crippen LogP contribution >= 0.6 is 11.8 Å². The van der Waals surface area contributed by atoms with Gasteiger partial charge in [0.15, 0.2) is 0 Å². The van der Waals surface area contributed by atoms with Gasteiger partial charge in [-0.1, -0.05) is 27.2 Å². The van der Waals surface area contributed by atoms with Crippen molar-refractivity contribution >= 4 is 11.8 Å². The number of hydrogen-bond donors (Lipinski definition) is 1. The van der Waals surface area contributed by atoms with Crippen LogP contribution in [0.2, 0.25) is 0 Å². The maximum Gasteiger partial charge on any atom is 0.00779 e. The summed E-state index contributed by atoms with van der Waals surface area (Å²) in [5, 5.41) is 4.59. The van der Waals surface area contributed by atoms with E-state index in [2.05, 4.69) is 37.8 Å². The Bertz CT molecular complexity index is 161. The average molecular weight is 229 g/mol. The van der Waals surface area contributed by atoms with Gasteiger partial charge in [-0.15, -0.1) is 0 Å². The predicted molar refractivity (Wildman–Crippen MR) is 71.6 cm³/mol. The second kappa shape index (κ2) is 7.56. The summed E-state index contributed by atoms with van der Waals surface area (Å²) in [5.74, 6) is 2.26. The van der Waals surface area contributed by atoms with Crippen molar-refractivity contribution < 1.29 is 0 Å². The lowest BCUT2D eigenvalue weighted by molar-refractivity contribution is 0.524. The largest absolute Gasteiger partial charge is 0.314 e. The molecule has 0 aromatic carbocycles. The van der Waals surface area contributed by atoms with E-state index in [1.54, 1.807) is 0 Å². The molecule has 0 spiro atoms. The summed E-state index contributed by atoms with van der Waals surface area (Å²) in [6.07, 6.45) is 6.83. The Kier molecular flexibility index (Phi) is 6.74. The van der Waals surface area contributed by atoms with Crippen molar-refractivity contribution in [3.63, 3.8) is 0 Å². The summed E-state index contributed by atoms with van der Waals surface area (Å²) < 4.78 is 0. The van der Waals surface area contributed by atoms with Crippen LogP contribution in [0.25, 0.3) is 0 Å². The molecule has 15 heavy (non-hydrogen) atoms. The molecule has 0 bridgehead atoms. The van der Waals surface area contributed by atoms with Crippen LogP contribution in [0.5, 0.6) is 0 Å². The fourth-order valence-corrected chi connectivity index (χ4v) is 3.55. The Balaban J connectivity index is 2.08. The fraction of sp³-hybridized carbons (Fsp3) is 1.00. The van der Waals surface area contributed by atoms with Gasteiger partial charge >= 0.3 is 0 Å². The zero-order chi connectivity index (χ0) is 11.1. The Morgan fingerprint density at radius 2 is 2.13 bits per heavy atom. The van der Waals surface area contributed by atoms with Crippen molar-refractivity contribution in [3.05, 3.63) is 0 Å². The molecule has 0 saturated heterocycles. The molecule has 0 aromatic heterocycles. The van der Waals surface area contributed by atoms with Crippen LogP contribution in [0.15, 0.2) is 0 Å². The van der Waals surface area contributed by atoms with Crippen LogP contribution in [0, 0.1) is 5.92 Å². The van der Waals surface area contributed by atoms with E-state index >= 15 is 0 Å². The van der Waals surface area contributed by atoms with Crippen molar-refractivity contribution in [1.82, 2.24) is 5.32 Å². The molecule has 0 radical (unpaired) electrons. The molecule has 1 rings (SSSR count). The van der Waals surface area contributed by atoms with Gasteiger partial charge in [0.2, 0.25) is 0 Å². The minimum absolute atomic E-state index is 0.819. The normalized spacial score (nSPS) is 28.2. The second-order valence-electron chi connectivity index (χ2n) is 4.93. The summed E-state index contributed by atoms with van der Waals surface area (Å²) in [7, 11) is 0. The molecular formula is C13H27NS. The lowest BCUT2D eigenvalue weighted by atomic mass is 10.2. The van der Waals surface area contributed by atoms with Gasteiger partial charge in [-0.2, -0.15) is 11.8 Å². The van der Waals surface area contributed by atoms with Crippen molar-refractivity contribution in [1.29, 1.82) is 0 Å². The molecule has 0 aromatic rings. The van der Waals surface area contributed by atoms with Gasteiger partial charge in [0, 0.05) is 11.3 Å². The maximum atomic E-state index is 3.65. The van der Waals surface area contributed by atoms with Crippen molar-refractivity contribution in [2.75, 3.05) is 12.3 Å². The zero-order valence-electron chi connectivity index (χ0n) is 10.6. The molecule has 1 aliphatic carbocycles. The van der Waals surface area contributed by atoms with Crippen LogP contribution in [0.3, 0.4) is 0 Å². The summed E-state index contributed by atoms with van der Waals surface area (Å²) >= 11 is 2.21. The third-order valence-electron chi connectivity index (χ3n) is 3.38. The molecule has 1 fully saturated rings. The zero-order valence-corrected chi connectivity index (χ0v) is 11.4. The van der Waals surface area contributed by atoms with Crippen LogP contribution in [0.4, 0.5) is 0 Å². The van der Waals surface area contributed by atoms with E-state index in [1.807, 2.05) is 0 Å². The number of rotatable bonds is 7. The summed E-state index contributed by atoms with van der Waals surface area (Å²) in [4.78, 5) is 0. The van der Waals surface area contributed by atoms with Gasteiger partial charge in [0.1, 0.15) is 0 Å². The van der Waals surface area contributed by atoms with Crippen molar-refractivity contribution in [2.24, 2.45) is 5.92 Å². The highest BCUT2D eigenvalue weighted by atomic mass is 32.2. The second-order valence-corrected chi connectivity index (χ2v) is 6.27. The molecule has 1 saturated carbocycles. The first-order valence-corrected chi connectivity index (χ1v) is 7.66. The van der Waals surface area contributed by atoms with E-state index < -0.39 is 0 Å².